The molecule has 3 nitrogen and oxygen atoms in total. The van der Waals surface area contributed by atoms with Gasteiger partial charge in [0.05, 0.1) is 6.61 Å². The van der Waals surface area contributed by atoms with Gasteiger partial charge >= 0.3 is 0 Å². The topological polar surface area (TPSA) is 30.5 Å². The maximum Gasteiger partial charge on any atom is 0.119 e. The number of ether oxygens (including phenoxy) is 2. The van der Waals surface area contributed by atoms with Gasteiger partial charge in [-0.3, -0.25) is 0 Å². The van der Waals surface area contributed by atoms with Gasteiger partial charge in [0, 0.05) is 13.7 Å². The molecule has 1 N–H and O–H groups in total. The zero-order valence-electron chi connectivity index (χ0n) is 10.3. The van der Waals surface area contributed by atoms with Crippen LogP contribution < -0.4 is 10.1 Å². The van der Waals surface area contributed by atoms with E-state index in [1.807, 2.05) is 19.2 Å². The quantitative estimate of drug-likeness (QED) is 0.765. The highest BCUT2D eigenvalue weighted by Crippen LogP contribution is 2.14. The molecule has 3 heteroatoms. The molecule has 0 fully saturated rings. The summed E-state index contributed by atoms with van der Waals surface area (Å²) in [5.74, 6) is 0.920. The first-order valence-electron chi connectivity index (χ1n) is 5.65. The molecule has 0 amide bonds. The van der Waals surface area contributed by atoms with E-state index in [9.17, 15) is 0 Å². The molecule has 0 radical (unpaired) electrons. The van der Waals surface area contributed by atoms with Crippen LogP contribution in [0.5, 0.6) is 5.75 Å². The van der Waals surface area contributed by atoms with E-state index in [1.165, 1.54) is 5.56 Å². The highest BCUT2D eigenvalue weighted by atomic mass is 16.5. The molecule has 1 aromatic rings. The summed E-state index contributed by atoms with van der Waals surface area (Å²) in [4.78, 5) is 0. The summed E-state index contributed by atoms with van der Waals surface area (Å²) in [6.07, 6.45) is 1.14. The van der Waals surface area contributed by atoms with Crippen LogP contribution in [0.3, 0.4) is 0 Å². The minimum Gasteiger partial charge on any atom is -0.489 e. The van der Waals surface area contributed by atoms with Crippen molar-refractivity contribution in [1.29, 1.82) is 0 Å². The van der Waals surface area contributed by atoms with Crippen molar-refractivity contribution in [3.05, 3.63) is 29.8 Å². The Kier molecular flexibility index (Phi) is 5.90. The fourth-order valence-electron chi connectivity index (χ4n) is 1.52. The third-order valence-corrected chi connectivity index (χ3v) is 2.35. The lowest BCUT2D eigenvalue weighted by Crippen LogP contribution is -2.25. The van der Waals surface area contributed by atoms with Gasteiger partial charge in [-0.2, -0.15) is 0 Å². The minimum atomic E-state index is 0.190. The molecule has 16 heavy (non-hydrogen) atoms. The number of likely N-dealkylation sites (N-methyl/N-ethyl adjacent to an activating group) is 1. The minimum absolute atomic E-state index is 0.190. The average Bonchev–Trinajstić information content (AvgIpc) is 2.28. The predicted octanol–water partition coefficient (Wildman–Crippen LogP) is 1.86. The molecule has 0 aromatic heterocycles. The van der Waals surface area contributed by atoms with Gasteiger partial charge in [0.25, 0.3) is 0 Å². The van der Waals surface area contributed by atoms with Gasteiger partial charge in [-0.15, -0.1) is 0 Å². The van der Waals surface area contributed by atoms with Crippen LogP contribution in [-0.2, 0) is 11.2 Å². The van der Waals surface area contributed by atoms with E-state index in [0.29, 0.717) is 0 Å². The second-order valence-corrected chi connectivity index (χ2v) is 3.87. The molecule has 0 heterocycles. The zero-order valence-corrected chi connectivity index (χ0v) is 10.3. The van der Waals surface area contributed by atoms with Crippen LogP contribution >= 0.6 is 0 Å². The monoisotopic (exact) mass is 223 g/mol. The molecule has 0 saturated carbocycles. The van der Waals surface area contributed by atoms with Gasteiger partial charge in [0.15, 0.2) is 0 Å². The summed E-state index contributed by atoms with van der Waals surface area (Å²) < 4.78 is 10.8. The fraction of sp³-hybridized carbons (Fsp3) is 0.538. The third-order valence-electron chi connectivity index (χ3n) is 2.35. The molecule has 0 aliphatic rings. The van der Waals surface area contributed by atoms with Crippen molar-refractivity contribution in [3.63, 3.8) is 0 Å². The van der Waals surface area contributed by atoms with Crippen molar-refractivity contribution in [1.82, 2.24) is 5.32 Å². The largest absolute Gasteiger partial charge is 0.489 e. The summed E-state index contributed by atoms with van der Waals surface area (Å²) in [5, 5.41) is 3.09. The fourth-order valence-corrected chi connectivity index (χ4v) is 1.52. The van der Waals surface area contributed by atoms with Gasteiger partial charge in [-0.25, -0.2) is 0 Å². The standard InChI is InChI=1S/C13H21NO2/c1-11(10-14-2)16-13-6-4-12(5-7-13)8-9-15-3/h4-7,11,14H,8-10H2,1-3H3. The second-order valence-electron chi connectivity index (χ2n) is 3.87. The Morgan fingerprint density at radius 2 is 1.94 bits per heavy atom. The Hall–Kier alpha value is -1.06. The van der Waals surface area contributed by atoms with E-state index >= 15 is 0 Å². The highest BCUT2D eigenvalue weighted by Gasteiger charge is 2.02. The van der Waals surface area contributed by atoms with Crippen molar-refractivity contribution in [2.75, 3.05) is 27.3 Å². The second kappa shape index (κ2) is 7.25. The molecular formula is C13H21NO2. The summed E-state index contributed by atoms with van der Waals surface area (Å²) in [6.45, 7) is 3.66. The number of nitrogens with one attached hydrogen (secondary N) is 1. The third kappa shape index (κ3) is 4.64. The zero-order chi connectivity index (χ0) is 11.8. The summed E-state index contributed by atoms with van der Waals surface area (Å²) in [7, 11) is 3.64. The molecule has 0 spiro atoms. The molecule has 1 aromatic carbocycles. The molecule has 0 aliphatic carbocycles. The van der Waals surface area contributed by atoms with Gasteiger partial charge in [-0.1, -0.05) is 12.1 Å². The molecule has 90 valence electrons. The molecule has 1 atom stereocenters. The first-order valence-corrected chi connectivity index (χ1v) is 5.65. The van der Waals surface area contributed by atoms with E-state index in [1.54, 1.807) is 7.11 Å². The van der Waals surface area contributed by atoms with Crippen LogP contribution in [0.2, 0.25) is 0 Å². The molecule has 1 unspecified atom stereocenters. The molecule has 0 saturated heterocycles. The SMILES string of the molecule is CNCC(C)Oc1ccc(CCOC)cc1. The van der Waals surface area contributed by atoms with Crippen molar-refractivity contribution in [2.45, 2.75) is 19.4 Å². The lowest BCUT2D eigenvalue weighted by atomic mass is 10.1. The van der Waals surface area contributed by atoms with Gasteiger partial charge in [0.2, 0.25) is 0 Å². The Labute approximate surface area is 97.8 Å². The Morgan fingerprint density at radius 3 is 2.50 bits per heavy atom. The lowest BCUT2D eigenvalue weighted by molar-refractivity contribution is 0.202. The maximum atomic E-state index is 5.72. The van der Waals surface area contributed by atoms with E-state index < -0.39 is 0 Å². The van der Waals surface area contributed by atoms with Crippen LogP contribution in [-0.4, -0.2) is 33.4 Å². The van der Waals surface area contributed by atoms with E-state index in [2.05, 4.69) is 24.4 Å². The van der Waals surface area contributed by atoms with Crippen LogP contribution in [0.25, 0.3) is 0 Å². The Balaban J connectivity index is 2.44. The van der Waals surface area contributed by atoms with E-state index in [4.69, 9.17) is 9.47 Å². The van der Waals surface area contributed by atoms with Crippen molar-refractivity contribution >= 4 is 0 Å². The Bertz CT molecular complexity index is 284. The first kappa shape index (κ1) is 13.0. The number of hydrogen-bond donors (Lipinski definition) is 1. The lowest BCUT2D eigenvalue weighted by Gasteiger charge is -2.14. The van der Waals surface area contributed by atoms with Crippen molar-refractivity contribution in [2.24, 2.45) is 0 Å². The van der Waals surface area contributed by atoms with Crippen molar-refractivity contribution in [3.8, 4) is 5.75 Å². The molecule has 0 bridgehead atoms. The summed E-state index contributed by atoms with van der Waals surface area (Å²) >= 11 is 0. The number of rotatable bonds is 7. The van der Waals surface area contributed by atoms with Crippen LogP contribution in [0.15, 0.2) is 24.3 Å². The predicted molar refractivity (Wildman–Crippen MR) is 66.0 cm³/mol. The maximum absolute atomic E-state index is 5.72. The number of methoxy groups -OCH3 is 1. The van der Waals surface area contributed by atoms with Gasteiger partial charge in [0.1, 0.15) is 11.9 Å². The van der Waals surface area contributed by atoms with Crippen LogP contribution in [0, 0.1) is 0 Å². The van der Waals surface area contributed by atoms with Crippen LogP contribution in [0.1, 0.15) is 12.5 Å². The normalized spacial score (nSPS) is 12.4. The number of benzene rings is 1. The Morgan fingerprint density at radius 1 is 1.25 bits per heavy atom. The van der Waals surface area contributed by atoms with E-state index in [0.717, 1.165) is 25.3 Å². The molecular weight excluding hydrogens is 202 g/mol. The first-order chi connectivity index (χ1) is 7.76. The summed E-state index contributed by atoms with van der Waals surface area (Å²) in [5.41, 5.74) is 1.27. The number of hydrogen-bond acceptors (Lipinski definition) is 3. The van der Waals surface area contributed by atoms with Crippen molar-refractivity contribution < 1.29 is 9.47 Å². The molecule has 0 aliphatic heterocycles. The van der Waals surface area contributed by atoms with Gasteiger partial charge in [-0.05, 0) is 38.1 Å². The van der Waals surface area contributed by atoms with E-state index in [-0.39, 0.29) is 6.10 Å². The van der Waals surface area contributed by atoms with Gasteiger partial charge < -0.3 is 14.8 Å². The average molecular weight is 223 g/mol. The van der Waals surface area contributed by atoms with Crippen LogP contribution in [0.4, 0.5) is 0 Å². The molecule has 1 rings (SSSR count). The smallest absolute Gasteiger partial charge is 0.119 e. The highest BCUT2D eigenvalue weighted by molar-refractivity contribution is 5.27. The summed E-state index contributed by atoms with van der Waals surface area (Å²) in [6, 6.07) is 8.19.